The maximum absolute atomic E-state index is 12.1. The van der Waals surface area contributed by atoms with E-state index in [1.807, 2.05) is 0 Å². The molecule has 0 radical (unpaired) electrons. The van der Waals surface area contributed by atoms with E-state index in [2.05, 4.69) is 13.8 Å². The summed E-state index contributed by atoms with van der Waals surface area (Å²) in [6.45, 7) is 5.70. The lowest BCUT2D eigenvalue weighted by molar-refractivity contribution is 0.172. The molecular formula is C12H25NO3S. The van der Waals surface area contributed by atoms with Crippen molar-refractivity contribution in [1.29, 1.82) is 0 Å². The number of sulfonamides is 1. The fourth-order valence-corrected chi connectivity index (χ4v) is 3.72. The zero-order chi connectivity index (χ0) is 13.3. The van der Waals surface area contributed by atoms with Crippen LogP contribution in [-0.4, -0.2) is 42.8 Å². The summed E-state index contributed by atoms with van der Waals surface area (Å²) in [6, 6.07) is 0.0991. The van der Waals surface area contributed by atoms with Crippen molar-refractivity contribution in [2.75, 3.05) is 13.7 Å². The third kappa shape index (κ3) is 3.42. The van der Waals surface area contributed by atoms with Crippen molar-refractivity contribution < 1.29 is 13.5 Å². The Morgan fingerprint density at radius 1 is 1.35 bits per heavy atom. The van der Waals surface area contributed by atoms with Crippen LogP contribution in [0, 0.1) is 5.41 Å². The maximum Gasteiger partial charge on any atom is 0.218 e. The normalized spacial score (nSPS) is 23.9. The highest BCUT2D eigenvalue weighted by molar-refractivity contribution is 7.89. The molecule has 1 unspecified atom stereocenters. The molecule has 0 bridgehead atoms. The van der Waals surface area contributed by atoms with E-state index in [1.165, 1.54) is 4.31 Å². The highest BCUT2D eigenvalue weighted by Crippen LogP contribution is 2.37. The minimum atomic E-state index is -3.34. The van der Waals surface area contributed by atoms with Crippen LogP contribution in [0.5, 0.6) is 0 Å². The molecule has 0 aliphatic heterocycles. The number of hydrogen-bond acceptors (Lipinski definition) is 3. The molecule has 0 aromatic heterocycles. The van der Waals surface area contributed by atoms with Gasteiger partial charge < -0.3 is 5.11 Å². The fourth-order valence-electron chi connectivity index (χ4n) is 2.33. The van der Waals surface area contributed by atoms with Crippen LogP contribution in [0.3, 0.4) is 0 Å². The van der Waals surface area contributed by atoms with E-state index in [0.29, 0.717) is 5.41 Å². The van der Waals surface area contributed by atoms with Gasteiger partial charge in [0.1, 0.15) is 0 Å². The minimum absolute atomic E-state index is 0.0991. The lowest BCUT2D eigenvalue weighted by atomic mass is 9.76. The van der Waals surface area contributed by atoms with Crippen LogP contribution in [0.15, 0.2) is 0 Å². The number of rotatable bonds is 4. The molecule has 4 nitrogen and oxygen atoms in total. The van der Waals surface area contributed by atoms with E-state index in [-0.39, 0.29) is 12.6 Å². The van der Waals surface area contributed by atoms with Crippen molar-refractivity contribution in [2.24, 2.45) is 5.41 Å². The number of hydrogen-bond donors (Lipinski definition) is 1. The van der Waals surface area contributed by atoms with Crippen molar-refractivity contribution in [3.05, 3.63) is 0 Å². The third-order valence-electron chi connectivity index (χ3n) is 3.99. The van der Waals surface area contributed by atoms with Crippen LogP contribution >= 0.6 is 0 Å². The van der Waals surface area contributed by atoms with Gasteiger partial charge in [-0.1, -0.05) is 13.8 Å². The predicted octanol–water partition coefficient (Wildman–Crippen LogP) is 1.60. The standard InChI is InChI=1S/C12H25NO3S/c1-10(9-14)17(15,16)13(4)11-5-7-12(2,3)8-6-11/h10-11,14H,5-9H2,1-4H3. The monoisotopic (exact) mass is 263 g/mol. The van der Waals surface area contributed by atoms with Crippen LogP contribution in [0.4, 0.5) is 0 Å². The molecule has 0 amide bonds. The van der Waals surface area contributed by atoms with Crippen LogP contribution in [0.2, 0.25) is 0 Å². The molecule has 0 aromatic rings. The Labute approximate surface area is 105 Å². The average molecular weight is 263 g/mol. The van der Waals surface area contributed by atoms with Crippen molar-refractivity contribution in [3.8, 4) is 0 Å². The molecule has 5 heteroatoms. The van der Waals surface area contributed by atoms with E-state index >= 15 is 0 Å². The summed E-state index contributed by atoms with van der Waals surface area (Å²) in [5, 5.41) is 8.29. The van der Waals surface area contributed by atoms with Crippen LogP contribution in [0.25, 0.3) is 0 Å². The number of nitrogens with zero attached hydrogens (tertiary/aromatic N) is 1. The predicted molar refractivity (Wildman–Crippen MR) is 69.3 cm³/mol. The second-order valence-corrected chi connectivity index (χ2v) is 8.36. The SMILES string of the molecule is CC(CO)S(=O)(=O)N(C)C1CCC(C)(C)CC1. The van der Waals surface area contributed by atoms with Gasteiger partial charge in [-0.2, -0.15) is 0 Å². The van der Waals surface area contributed by atoms with E-state index in [9.17, 15) is 8.42 Å². The summed E-state index contributed by atoms with van der Waals surface area (Å²) in [4.78, 5) is 0. The van der Waals surface area contributed by atoms with Crippen LogP contribution < -0.4 is 0 Å². The summed E-state index contributed by atoms with van der Waals surface area (Å²) in [5.74, 6) is 0. The molecule has 102 valence electrons. The zero-order valence-electron chi connectivity index (χ0n) is 11.3. The second kappa shape index (κ2) is 5.24. The van der Waals surface area contributed by atoms with Gasteiger partial charge in [-0.25, -0.2) is 12.7 Å². The van der Waals surface area contributed by atoms with E-state index in [0.717, 1.165) is 25.7 Å². The fraction of sp³-hybridized carbons (Fsp3) is 1.00. The van der Waals surface area contributed by atoms with Gasteiger partial charge in [0.25, 0.3) is 0 Å². The van der Waals surface area contributed by atoms with Crippen molar-refractivity contribution >= 4 is 10.0 Å². The van der Waals surface area contributed by atoms with Gasteiger partial charge in [0.2, 0.25) is 10.0 Å². The first-order valence-electron chi connectivity index (χ1n) is 6.28. The quantitative estimate of drug-likeness (QED) is 0.838. The van der Waals surface area contributed by atoms with Crippen molar-refractivity contribution in [1.82, 2.24) is 4.31 Å². The van der Waals surface area contributed by atoms with E-state index in [4.69, 9.17) is 5.11 Å². The molecule has 1 aliphatic carbocycles. The first kappa shape index (κ1) is 14.9. The van der Waals surface area contributed by atoms with Gasteiger partial charge in [0, 0.05) is 13.1 Å². The Balaban J connectivity index is 2.69. The van der Waals surface area contributed by atoms with Gasteiger partial charge in [0.05, 0.1) is 11.9 Å². The largest absolute Gasteiger partial charge is 0.395 e. The average Bonchev–Trinajstić information content (AvgIpc) is 2.27. The topological polar surface area (TPSA) is 57.6 Å². The Hall–Kier alpha value is -0.130. The van der Waals surface area contributed by atoms with E-state index in [1.54, 1.807) is 14.0 Å². The summed E-state index contributed by atoms with van der Waals surface area (Å²) in [6.07, 6.45) is 3.96. The molecule has 0 saturated heterocycles. The summed E-state index contributed by atoms with van der Waals surface area (Å²) < 4.78 is 25.7. The molecule has 0 aromatic carbocycles. The summed E-state index contributed by atoms with van der Waals surface area (Å²) in [5.41, 5.74) is 0.337. The second-order valence-electron chi connectivity index (χ2n) is 5.95. The maximum atomic E-state index is 12.1. The van der Waals surface area contributed by atoms with E-state index < -0.39 is 15.3 Å². The molecule has 0 spiro atoms. The Bertz CT molecular complexity index is 341. The van der Waals surface area contributed by atoms with Gasteiger partial charge in [0.15, 0.2) is 0 Å². The van der Waals surface area contributed by atoms with Gasteiger partial charge >= 0.3 is 0 Å². The highest BCUT2D eigenvalue weighted by Gasteiger charge is 2.35. The lowest BCUT2D eigenvalue weighted by Crippen LogP contribution is -2.45. The van der Waals surface area contributed by atoms with Crippen molar-refractivity contribution in [3.63, 3.8) is 0 Å². The molecular weight excluding hydrogens is 238 g/mol. The lowest BCUT2D eigenvalue weighted by Gasteiger charge is -2.38. The molecule has 1 N–H and O–H groups in total. The molecule has 1 aliphatic rings. The molecule has 17 heavy (non-hydrogen) atoms. The molecule has 1 fully saturated rings. The third-order valence-corrected chi connectivity index (χ3v) is 6.26. The van der Waals surface area contributed by atoms with Crippen LogP contribution in [0.1, 0.15) is 46.5 Å². The Morgan fingerprint density at radius 3 is 2.24 bits per heavy atom. The van der Waals surface area contributed by atoms with Gasteiger partial charge in [-0.15, -0.1) is 0 Å². The molecule has 0 heterocycles. The molecule has 1 saturated carbocycles. The highest BCUT2D eigenvalue weighted by atomic mass is 32.2. The number of aliphatic hydroxyl groups is 1. The Morgan fingerprint density at radius 2 is 1.82 bits per heavy atom. The number of aliphatic hydroxyl groups excluding tert-OH is 1. The van der Waals surface area contributed by atoms with Gasteiger partial charge in [-0.05, 0) is 38.0 Å². The summed E-state index contributed by atoms with van der Waals surface area (Å²) in [7, 11) is -1.70. The molecule has 1 atom stereocenters. The molecule has 1 rings (SSSR count). The van der Waals surface area contributed by atoms with Crippen molar-refractivity contribution in [2.45, 2.75) is 57.7 Å². The smallest absolute Gasteiger partial charge is 0.218 e. The zero-order valence-corrected chi connectivity index (χ0v) is 12.1. The summed E-state index contributed by atoms with van der Waals surface area (Å²) >= 11 is 0. The first-order chi connectivity index (χ1) is 7.70. The van der Waals surface area contributed by atoms with Gasteiger partial charge in [-0.3, -0.25) is 0 Å². The minimum Gasteiger partial charge on any atom is -0.395 e. The Kier molecular flexibility index (Phi) is 4.60. The first-order valence-corrected chi connectivity index (χ1v) is 7.79. The van der Waals surface area contributed by atoms with Crippen LogP contribution in [-0.2, 0) is 10.0 Å².